The molecule has 0 atom stereocenters. The molecular weight excluding hydrogens is 411 g/mol. The normalized spacial score (nSPS) is 21.8. The van der Waals surface area contributed by atoms with Crippen molar-refractivity contribution in [2.75, 3.05) is 5.32 Å². The predicted molar refractivity (Wildman–Crippen MR) is 114 cm³/mol. The van der Waals surface area contributed by atoms with Gasteiger partial charge in [0.15, 0.2) is 5.69 Å². The minimum atomic E-state index is -0.677. The Morgan fingerprint density at radius 3 is 2.62 bits per heavy atom. The number of rotatable bonds is 4. The van der Waals surface area contributed by atoms with Crippen molar-refractivity contribution in [1.29, 1.82) is 0 Å². The third-order valence-corrected chi connectivity index (χ3v) is 6.25. The summed E-state index contributed by atoms with van der Waals surface area (Å²) in [6.07, 6.45) is 7.11. The lowest BCUT2D eigenvalue weighted by Crippen LogP contribution is -2.36. The molecule has 1 aromatic carbocycles. The Morgan fingerprint density at radius 2 is 1.88 bits per heavy atom. The largest absolute Gasteiger partial charge is 0.449 e. The summed E-state index contributed by atoms with van der Waals surface area (Å²) >= 11 is 0. The van der Waals surface area contributed by atoms with Crippen molar-refractivity contribution in [1.82, 2.24) is 15.0 Å². The number of nitrogens with one attached hydrogen (secondary N) is 1. The van der Waals surface area contributed by atoms with Crippen LogP contribution in [-0.2, 0) is 21.8 Å². The molecule has 32 heavy (non-hydrogen) atoms. The lowest BCUT2D eigenvalue weighted by atomic mass is 9.75. The summed E-state index contributed by atoms with van der Waals surface area (Å²) in [6, 6.07) is 10.8. The van der Waals surface area contributed by atoms with E-state index in [9.17, 15) is 14.0 Å². The molecule has 1 spiro atoms. The zero-order valence-corrected chi connectivity index (χ0v) is 17.3. The van der Waals surface area contributed by atoms with Gasteiger partial charge in [0.1, 0.15) is 12.3 Å². The predicted octanol–water partition coefficient (Wildman–Crippen LogP) is 4.20. The molecule has 1 aliphatic carbocycles. The number of fused-ring (bicyclic) bond motifs is 2. The van der Waals surface area contributed by atoms with Gasteiger partial charge in [0.25, 0.3) is 0 Å². The lowest BCUT2D eigenvalue weighted by Gasteiger charge is -2.35. The molecular formula is C24H21FN4O3. The first kappa shape index (κ1) is 20.2. The zero-order chi connectivity index (χ0) is 22.1. The van der Waals surface area contributed by atoms with Crippen LogP contribution in [0.15, 0.2) is 55.0 Å². The summed E-state index contributed by atoms with van der Waals surface area (Å²) in [5.41, 5.74) is 2.66. The smallest absolute Gasteiger partial charge is 0.358 e. The molecule has 2 aliphatic rings. The highest BCUT2D eigenvalue weighted by Crippen LogP contribution is 2.47. The highest BCUT2D eigenvalue weighted by molar-refractivity contribution is 5.93. The van der Waals surface area contributed by atoms with Gasteiger partial charge in [-0.15, -0.1) is 0 Å². The minimum absolute atomic E-state index is 0.150. The molecule has 5 rings (SSSR count). The molecule has 1 amide bonds. The van der Waals surface area contributed by atoms with Gasteiger partial charge in [0.2, 0.25) is 11.9 Å². The van der Waals surface area contributed by atoms with Gasteiger partial charge in [-0.1, -0.05) is 24.3 Å². The van der Waals surface area contributed by atoms with Gasteiger partial charge in [-0.3, -0.25) is 10.1 Å². The SMILES string of the molecule is O=C1OC2(CCC(C(=O)Nc3ncc(-c4cccc(CF)c4)cn3)CC2)c2cccnc21. The van der Waals surface area contributed by atoms with E-state index in [2.05, 4.69) is 20.3 Å². The second kappa shape index (κ2) is 8.11. The number of esters is 1. The van der Waals surface area contributed by atoms with Crippen molar-refractivity contribution in [2.45, 2.75) is 38.0 Å². The van der Waals surface area contributed by atoms with Crippen LogP contribution in [0.5, 0.6) is 0 Å². The van der Waals surface area contributed by atoms with Gasteiger partial charge < -0.3 is 4.74 Å². The zero-order valence-electron chi connectivity index (χ0n) is 17.3. The molecule has 2 aromatic heterocycles. The Hall–Kier alpha value is -3.68. The third-order valence-electron chi connectivity index (χ3n) is 6.25. The molecule has 8 heteroatoms. The molecule has 1 fully saturated rings. The van der Waals surface area contributed by atoms with E-state index in [1.54, 1.807) is 42.9 Å². The van der Waals surface area contributed by atoms with Gasteiger partial charge in [-0.05, 0) is 48.9 Å². The number of amides is 1. The molecule has 0 unspecified atom stereocenters. The van der Waals surface area contributed by atoms with Crippen molar-refractivity contribution < 1.29 is 18.7 Å². The lowest BCUT2D eigenvalue weighted by molar-refractivity contribution is -0.122. The first-order valence-corrected chi connectivity index (χ1v) is 10.5. The van der Waals surface area contributed by atoms with Gasteiger partial charge in [-0.25, -0.2) is 24.1 Å². The highest BCUT2D eigenvalue weighted by Gasteiger charge is 2.49. The summed E-state index contributed by atoms with van der Waals surface area (Å²) in [4.78, 5) is 37.6. The fourth-order valence-corrected chi connectivity index (χ4v) is 4.52. The van der Waals surface area contributed by atoms with Gasteiger partial charge in [0.05, 0.1) is 0 Å². The number of pyridine rings is 1. The van der Waals surface area contributed by atoms with E-state index in [1.807, 2.05) is 12.1 Å². The van der Waals surface area contributed by atoms with Crippen LogP contribution >= 0.6 is 0 Å². The number of hydrogen-bond donors (Lipinski definition) is 1. The Morgan fingerprint density at radius 1 is 1.09 bits per heavy atom. The Bertz CT molecular complexity index is 1170. The Kier molecular flexibility index (Phi) is 5.13. The maximum atomic E-state index is 12.9. The number of carbonyl (C=O) groups excluding carboxylic acids is 2. The topological polar surface area (TPSA) is 94.1 Å². The summed E-state index contributed by atoms with van der Waals surface area (Å²) in [7, 11) is 0. The standard InChI is InChI=1S/C24H21FN4O3/c25-12-15-3-1-4-17(11-15)18-13-27-23(28-14-18)29-21(30)16-6-8-24(9-7-16)19-5-2-10-26-20(19)22(31)32-24/h1-5,10-11,13-14,16H,6-9,12H2,(H,27,28,29,30). The van der Waals surface area contributed by atoms with Crippen LogP contribution in [0, 0.1) is 5.92 Å². The van der Waals surface area contributed by atoms with Crippen molar-refractivity contribution in [2.24, 2.45) is 5.92 Å². The van der Waals surface area contributed by atoms with E-state index < -0.39 is 18.2 Å². The summed E-state index contributed by atoms with van der Waals surface area (Å²) < 4.78 is 18.6. The Labute approximate surface area is 184 Å². The van der Waals surface area contributed by atoms with E-state index in [0.717, 1.165) is 16.7 Å². The Balaban J connectivity index is 1.23. The summed E-state index contributed by atoms with van der Waals surface area (Å²) in [5, 5.41) is 2.78. The van der Waals surface area contributed by atoms with Crippen LogP contribution < -0.4 is 5.32 Å². The van der Waals surface area contributed by atoms with Crippen LogP contribution in [0.25, 0.3) is 11.1 Å². The number of alkyl halides is 1. The maximum Gasteiger partial charge on any atom is 0.358 e. The molecule has 0 bridgehead atoms. The number of nitrogens with zero attached hydrogens (tertiary/aromatic N) is 3. The number of halogens is 1. The van der Waals surface area contributed by atoms with Gasteiger partial charge in [0, 0.05) is 35.6 Å². The molecule has 1 N–H and O–H groups in total. The fraction of sp³-hybridized carbons (Fsp3) is 0.292. The first-order chi connectivity index (χ1) is 15.6. The number of benzene rings is 1. The number of carbonyl (C=O) groups is 2. The molecule has 0 saturated heterocycles. The number of aromatic nitrogens is 3. The molecule has 7 nitrogen and oxygen atoms in total. The van der Waals surface area contributed by atoms with E-state index in [0.29, 0.717) is 36.9 Å². The third kappa shape index (κ3) is 3.62. The van der Waals surface area contributed by atoms with Crippen LogP contribution in [0.3, 0.4) is 0 Å². The fourth-order valence-electron chi connectivity index (χ4n) is 4.52. The van der Waals surface area contributed by atoms with Crippen LogP contribution in [0.4, 0.5) is 10.3 Å². The molecule has 1 aliphatic heterocycles. The van der Waals surface area contributed by atoms with E-state index >= 15 is 0 Å². The number of anilines is 1. The van der Waals surface area contributed by atoms with Crippen molar-refractivity contribution in [3.8, 4) is 11.1 Å². The van der Waals surface area contributed by atoms with Crippen molar-refractivity contribution in [3.63, 3.8) is 0 Å². The van der Waals surface area contributed by atoms with Gasteiger partial charge in [-0.2, -0.15) is 0 Å². The summed E-state index contributed by atoms with van der Waals surface area (Å²) in [6.45, 7) is -0.535. The second-order valence-electron chi connectivity index (χ2n) is 8.18. The first-order valence-electron chi connectivity index (χ1n) is 10.5. The van der Waals surface area contributed by atoms with E-state index in [4.69, 9.17) is 4.74 Å². The van der Waals surface area contributed by atoms with E-state index in [1.165, 1.54) is 0 Å². The molecule has 3 aromatic rings. The number of hydrogen-bond acceptors (Lipinski definition) is 6. The summed E-state index contributed by atoms with van der Waals surface area (Å²) in [5.74, 6) is -0.538. The second-order valence-corrected chi connectivity index (χ2v) is 8.18. The molecule has 162 valence electrons. The quantitative estimate of drug-likeness (QED) is 0.621. The van der Waals surface area contributed by atoms with Gasteiger partial charge >= 0.3 is 5.97 Å². The van der Waals surface area contributed by atoms with Crippen LogP contribution in [0.1, 0.15) is 47.3 Å². The maximum absolute atomic E-state index is 12.9. The molecule has 0 radical (unpaired) electrons. The number of ether oxygens (including phenoxy) is 1. The van der Waals surface area contributed by atoms with Crippen LogP contribution in [0.2, 0.25) is 0 Å². The van der Waals surface area contributed by atoms with Crippen LogP contribution in [-0.4, -0.2) is 26.8 Å². The molecule has 1 saturated carbocycles. The monoisotopic (exact) mass is 432 g/mol. The van der Waals surface area contributed by atoms with Crippen molar-refractivity contribution in [3.05, 3.63) is 71.8 Å². The molecule has 3 heterocycles. The highest BCUT2D eigenvalue weighted by atomic mass is 19.1. The average Bonchev–Trinajstić information content (AvgIpc) is 3.11. The van der Waals surface area contributed by atoms with Crippen molar-refractivity contribution >= 4 is 17.8 Å². The minimum Gasteiger partial charge on any atom is -0.449 e. The average molecular weight is 432 g/mol. The van der Waals surface area contributed by atoms with E-state index in [-0.39, 0.29) is 17.8 Å².